The zero-order valence-corrected chi connectivity index (χ0v) is 25.1. The number of nitrogens with zero attached hydrogens (tertiary/aromatic N) is 2. The number of aromatic amines is 1. The van der Waals surface area contributed by atoms with Crippen LogP contribution in [0.5, 0.6) is 0 Å². The minimum atomic E-state index is -1.02. The quantitative estimate of drug-likeness (QED) is 0.163. The highest BCUT2D eigenvalue weighted by Crippen LogP contribution is 2.59. The number of ketones is 1. The van der Waals surface area contributed by atoms with Crippen molar-refractivity contribution < 1.29 is 19.4 Å². The summed E-state index contributed by atoms with van der Waals surface area (Å²) in [4.78, 5) is 18.2. The number of aromatic nitrogens is 3. The van der Waals surface area contributed by atoms with Gasteiger partial charge in [-0.3, -0.25) is 9.89 Å². The number of allylic oxidation sites excluding steroid dienone is 2. The van der Waals surface area contributed by atoms with Crippen LogP contribution < -0.4 is 0 Å². The van der Waals surface area contributed by atoms with Gasteiger partial charge in [0, 0.05) is 33.7 Å². The Balaban J connectivity index is 1.57. The van der Waals surface area contributed by atoms with Gasteiger partial charge in [0.2, 0.25) is 0 Å². The van der Waals surface area contributed by atoms with Crippen molar-refractivity contribution in [1.82, 2.24) is 15.2 Å². The Morgan fingerprint density at radius 2 is 2.07 bits per heavy atom. The van der Waals surface area contributed by atoms with E-state index in [2.05, 4.69) is 35.1 Å². The first-order chi connectivity index (χ1) is 19.6. The Labute approximate surface area is 249 Å². The minimum absolute atomic E-state index is 0.103. The Morgan fingerprint density at radius 3 is 2.83 bits per heavy atom. The van der Waals surface area contributed by atoms with Crippen molar-refractivity contribution in [3.63, 3.8) is 0 Å². The van der Waals surface area contributed by atoms with E-state index in [9.17, 15) is 19.4 Å². The third kappa shape index (κ3) is 6.31. The lowest BCUT2D eigenvalue weighted by atomic mass is 9.65. The molecule has 1 fully saturated rings. The molecule has 4 unspecified atom stereocenters. The van der Waals surface area contributed by atoms with Gasteiger partial charge in [0.25, 0.3) is 0 Å². The van der Waals surface area contributed by atoms with Crippen LogP contribution in [0.1, 0.15) is 85.3 Å². The molecule has 0 amide bonds. The van der Waals surface area contributed by atoms with Gasteiger partial charge in [0.15, 0.2) is 10.9 Å². The van der Waals surface area contributed by atoms with E-state index in [1.807, 2.05) is 18.2 Å². The molecule has 2 bridgehead atoms. The Bertz CT molecular complexity index is 1410. The number of aliphatic hydroxyl groups is 2. The molecule has 3 N–H and O–H groups in total. The van der Waals surface area contributed by atoms with E-state index in [4.69, 9.17) is 11.6 Å². The highest BCUT2D eigenvalue weighted by molar-refractivity contribution is 7.99. The number of thioether (sulfide) groups is 1. The van der Waals surface area contributed by atoms with E-state index in [1.54, 1.807) is 6.07 Å². The average Bonchev–Trinajstić information content (AvgIpc) is 3.55. The molecule has 0 radical (unpaired) electrons. The van der Waals surface area contributed by atoms with Crippen molar-refractivity contribution in [2.45, 2.75) is 88.0 Å². The SMILES string of the molecule is CC1=CCCC2(C)C(CCC2(O)CSc2ncn[nH]2)c2ccc(cc2C(=O)Cc2c(F)cccc2Cl)CC(O)CC1. The highest BCUT2D eigenvalue weighted by atomic mass is 35.5. The third-order valence-corrected chi connectivity index (χ3v) is 10.7. The first-order valence-electron chi connectivity index (χ1n) is 14.2. The van der Waals surface area contributed by atoms with Gasteiger partial charge in [-0.2, -0.15) is 5.10 Å². The van der Waals surface area contributed by atoms with Gasteiger partial charge in [-0.15, -0.1) is 0 Å². The molecule has 0 aliphatic heterocycles. The molecule has 218 valence electrons. The number of hydrogen-bond acceptors (Lipinski definition) is 6. The van der Waals surface area contributed by atoms with E-state index in [-0.39, 0.29) is 28.7 Å². The molecule has 1 aromatic heterocycles. The van der Waals surface area contributed by atoms with Gasteiger partial charge in [0.05, 0.1) is 11.7 Å². The maximum absolute atomic E-state index is 14.7. The van der Waals surface area contributed by atoms with Crippen molar-refractivity contribution in [1.29, 1.82) is 0 Å². The van der Waals surface area contributed by atoms with Crippen molar-refractivity contribution >= 4 is 29.1 Å². The second kappa shape index (κ2) is 12.4. The molecule has 1 saturated carbocycles. The number of fused-ring (bicyclic) bond motifs is 8. The maximum atomic E-state index is 14.7. The normalized spacial score (nSPS) is 26.8. The summed E-state index contributed by atoms with van der Waals surface area (Å²) in [5.74, 6) is -0.391. The van der Waals surface area contributed by atoms with Crippen molar-refractivity contribution in [3.05, 3.63) is 87.5 Å². The molecule has 4 atom stereocenters. The molecule has 9 heteroatoms. The number of hydrogen-bond donors (Lipinski definition) is 3. The summed E-state index contributed by atoms with van der Waals surface area (Å²) >= 11 is 7.76. The molecule has 3 aliphatic rings. The summed E-state index contributed by atoms with van der Waals surface area (Å²) in [7, 11) is 0. The summed E-state index contributed by atoms with van der Waals surface area (Å²) in [6.45, 7) is 4.23. The Hall–Kier alpha value is -2.52. The topological polar surface area (TPSA) is 99.1 Å². The van der Waals surface area contributed by atoms with Crippen LogP contribution in [-0.2, 0) is 12.8 Å². The first-order valence-corrected chi connectivity index (χ1v) is 15.6. The number of Topliss-reactive ketones (excluding diaryl/α,β-unsaturated/α-hetero) is 1. The fraction of sp³-hybridized carbons (Fsp3) is 0.469. The molecule has 6 rings (SSSR count). The highest BCUT2D eigenvalue weighted by Gasteiger charge is 2.56. The van der Waals surface area contributed by atoms with Gasteiger partial charge < -0.3 is 10.2 Å². The van der Waals surface area contributed by atoms with Crippen molar-refractivity contribution in [2.24, 2.45) is 5.41 Å². The van der Waals surface area contributed by atoms with Crippen molar-refractivity contribution in [3.8, 4) is 0 Å². The summed E-state index contributed by atoms with van der Waals surface area (Å²) in [5.41, 5.74) is 2.08. The number of rotatable bonds is 6. The number of halogens is 2. The summed E-state index contributed by atoms with van der Waals surface area (Å²) in [5, 5.41) is 30.7. The van der Waals surface area contributed by atoms with Crippen LogP contribution in [0.25, 0.3) is 0 Å². The fourth-order valence-electron chi connectivity index (χ4n) is 6.63. The van der Waals surface area contributed by atoms with Crippen LogP contribution in [0.4, 0.5) is 4.39 Å². The van der Waals surface area contributed by atoms with Gasteiger partial charge in [-0.1, -0.05) is 60.1 Å². The zero-order valence-electron chi connectivity index (χ0n) is 23.5. The number of carbonyl (C=O) groups excluding carboxylic acids is 1. The molecule has 3 aromatic rings. The number of nitrogens with one attached hydrogen (secondary N) is 1. The smallest absolute Gasteiger partial charge is 0.183 e. The maximum Gasteiger partial charge on any atom is 0.183 e. The fourth-order valence-corrected chi connectivity index (χ4v) is 7.95. The number of benzene rings is 2. The summed E-state index contributed by atoms with van der Waals surface area (Å²) < 4.78 is 14.7. The van der Waals surface area contributed by atoms with E-state index in [0.29, 0.717) is 42.2 Å². The second-order valence-electron chi connectivity index (χ2n) is 11.8. The Morgan fingerprint density at radius 1 is 1.24 bits per heavy atom. The van der Waals surface area contributed by atoms with Crippen LogP contribution in [-0.4, -0.2) is 48.6 Å². The first kappa shape index (κ1) is 30.0. The lowest BCUT2D eigenvalue weighted by Crippen LogP contribution is -2.46. The monoisotopic (exact) mass is 597 g/mol. The molecule has 1 heterocycles. The van der Waals surface area contributed by atoms with Crippen LogP contribution >= 0.6 is 23.4 Å². The van der Waals surface area contributed by atoms with E-state index in [1.165, 1.54) is 35.8 Å². The van der Waals surface area contributed by atoms with Gasteiger partial charge in [0.1, 0.15) is 12.1 Å². The molecule has 2 aromatic carbocycles. The lowest BCUT2D eigenvalue weighted by Gasteiger charge is -2.44. The summed E-state index contributed by atoms with van der Waals surface area (Å²) in [6, 6.07) is 10.3. The van der Waals surface area contributed by atoms with Crippen LogP contribution in [0.15, 0.2) is 59.5 Å². The number of H-pyrrole nitrogens is 1. The van der Waals surface area contributed by atoms with Crippen LogP contribution in [0.3, 0.4) is 0 Å². The lowest BCUT2D eigenvalue weighted by molar-refractivity contribution is -0.0422. The number of aliphatic hydroxyl groups excluding tert-OH is 1. The van der Waals surface area contributed by atoms with Crippen LogP contribution in [0, 0.1) is 11.2 Å². The largest absolute Gasteiger partial charge is 0.393 e. The van der Waals surface area contributed by atoms with Gasteiger partial charge in [-0.05, 0) is 87.1 Å². The van der Waals surface area contributed by atoms with Crippen LogP contribution in [0.2, 0.25) is 5.02 Å². The number of carbonyl (C=O) groups is 1. The summed E-state index contributed by atoms with van der Waals surface area (Å²) in [6.07, 6.45) is 7.58. The van der Waals surface area contributed by atoms with E-state index in [0.717, 1.165) is 30.4 Å². The molecule has 3 aliphatic carbocycles. The second-order valence-corrected chi connectivity index (χ2v) is 13.2. The predicted molar refractivity (Wildman–Crippen MR) is 160 cm³/mol. The molecule has 41 heavy (non-hydrogen) atoms. The molecular formula is C32H37ClFN3O3S. The minimum Gasteiger partial charge on any atom is -0.393 e. The predicted octanol–water partition coefficient (Wildman–Crippen LogP) is 6.85. The average molecular weight is 598 g/mol. The van der Waals surface area contributed by atoms with Gasteiger partial charge >= 0.3 is 0 Å². The molecule has 0 saturated heterocycles. The standard InChI is InChI=1S/C32H37ClFN3O3S/c1-20-5-4-13-31(2)26(12-14-32(31,40)18-41-30-35-19-36-37-30)23-11-9-21(15-22(38)10-8-20)16-24(23)29(39)17-25-27(33)6-3-7-28(25)34/h3,5-7,9,11,16,19,22,26,38,40H,4,8,10,12-15,17-18H2,1-2H3,(H,35,36,37). The van der Waals surface area contributed by atoms with E-state index < -0.39 is 22.9 Å². The molecule has 6 nitrogen and oxygen atoms in total. The van der Waals surface area contributed by atoms with Crippen molar-refractivity contribution in [2.75, 3.05) is 5.75 Å². The molecule has 0 spiro atoms. The Kier molecular flexibility index (Phi) is 9.04. The molecular weight excluding hydrogens is 561 g/mol. The third-order valence-electron chi connectivity index (χ3n) is 9.21. The zero-order chi connectivity index (χ0) is 29.2. The van der Waals surface area contributed by atoms with Gasteiger partial charge in [-0.25, -0.2) is 9.37 Å². The van der Waals surface area contributed by atoms with E-state index >= 15 is 0 Å².